The Morgan fingerprint density at radius 2 is 1.89 bits per heavy atom. The minimum absolute atomic E-state index is 0.365. The third-order valence-electron chi connectivity index (χ3n) is 3.03. The Balaban J connectivity index is 2.49. The molecule has 0 amide bonds. The summed E-state index contributed by atoms with van der Waals surface area (Å²) < 4.78 is 19.4. The number of halogens is 2. The van der Waals surface area contributed by atoms with Crippen LogP contribution in [0.4, 0.5) is 4.39 Å². The third-order valence-corrected chi connectivity index (χ3v) is 3.52. The predicted molar refractivity (Wildman–Crippen MR) is 75.9 cm³/mol. The van der Waals surface area contributed by atoms with Gasteiger partial charge in [0.25, 0.3) is 0 Å². The zero-order chi connectivity index (χ0) is 14.0. The van der Waals surface area contributed by atoms with Crippen LogP contribution in [0.5, 0.6) is 5.75 Å². The molecule has 0 radical (unpaired) electrons. The van der Waals surface area contributed by atoms with Crippen LogP contribution in [0.15, 0.2) is 40.9 Å². The lowest BCUT2D eigenvalue weighted by atomic mass is 9.97. The molecule has 2 aromatic rings. The molecule has 2 nitrogen and oxygen atoms in total. The molecule has 1 atom stereocenters. The molecule has 0 fully saturated rings. The summed E-state index contributed by atoms with van der Waals surface area (Å²) in [7, 11) is 1.54. The average Bonchev–Trinajstić information content (AvgIpc) is 2.40. The number of rotatable bonds is 3. The fraction of sp³-hybridized carbons (Fsp3) is 0.200. The molecule has 4 heteroatoms. The lowest BCUT2D eigenvalue weighted by molar-refractivity contribution is 0.213. The third kappa shape index (κ3) is 2.96. The van der Waals surface area contributed by atoms with Crippen LogP contribution >= 0.6 is 15.9 Å². The first kappa shape index (κ1) is 14.0. The molecule has 2 rings (SSSR count). The van der Waals surface area contributed by atoms with Crippen molar-refractivity contribution < 1.29 is 14.2 Å². The molecule has 0 aromatic heterocycles. The van der Waals surface area contributed by atoms with Gasteiger partial charge >= 0.3 is 0 Å². The van der Waals surface area contributed by atoms with E-state index in [-0.39, 0.29) is 5.82 Å². The van der Waals surface area contributed by atoms with Crippen LogP contribution in [0.1, 0.15) is 22.8 Å². The van der Waals surface area contributed by atoms with E-state index in [9.17, 15) is 9.50 Å². The van der Waals surface area contributed by atoms with Crippen LogP contribution in [-0.2, 0) is 0 Å². The molecule has 0 saturated carbocycles. The van der Waals surface area contributed by atoms with Crippen molar-refractivity contribution in [3.05, 3.63) is 63.4 Å². The largest absolute Gasteiger partial charge is 0.496 e. The number of methoxy groups -OCH3 is 1. The molecule has 0 spiro atoms. The molecular weight excluding hydrogens is 311 g/mol. The molecule has 0 bridgehead atoms. The number of aliphatic hydroxyl groups is 1. The van der Waals surface area contributed by atoms with Crippen molar-refractivity contribution in [3.63, 3.8) is 0 Å². The van der Waals surface area contributed by atoms with Crippen molar-refractivity contribution >= 4 is 15.9 Å². The van der Waals surface area contributed by atoms with Crippen LogP contribution in [0.2, 0.25) is 0 Å². The second kappa shape index (κ2) is 5.72. The van der Waals surface area contributed by atoms with E-state index < -0.39 is 6.10 Å². The van der Waals surface area contributed by atoms with Crippen molar-refractivity contribution in [1.29, 1.82) is 0 Å². The highest BCUT2D eigenvalue weighted by Crippen LogP contribution is 2.33. The van der Waals surface area contributed by atoms with Gasteiger partial charge in [0, 0.05) is 10.0 Å². The van der Waals surface area contributed by atoms with Gasteiger partial charge in [-0.3, -0.25) is 0 Å². The van der Waals surface area contributed by atoms with Gasteiger partial charge in [-0.1, -0.05) is 28.1 Å². The van der Waals surface area contributed by atoms with E-state index >= 15 is 0 Å². The van der Waals surface area contributed by atoms with Gasteiger partial charge < -0.3 is 9.84 Å². The van der Waals surface area contributed by atoms with Gasteiger partial charge in [-0.05, 0) is 42.3 Å². The van der Waals surface area contributed by atoms with Gasteiger partial charge in [0.15, 0.2) is 0 Å². The maximum Gasteiger partial charge on any atom is 0.126 e. The Labute approximate surface area is 120 Å². The van der Waals surface area contributed by atoms with Crippen molar-refractivity contribution in [1.82, 2.24) is 0 Å². The van der Waals surface area contributed by atoms with E-state index in [2.05, 4.69) is 15.9 Å². The predicted octanol–water partition coefficient (Wildman–Crippen LogP) is 3.99. The summed E-state index contributed by atoms with van der Waals surface area (Å²) in [5, 5.41) is 10.4. The highest BCUT2D eigenvalue weighted by Gasteiger charge is 2.18. The second-order valence-electron chi connectivity index (χ2n) is 4.29. The fourth-order valence-electron chi connectivity index (χ4n) is 1.98. The van der Waals surface area contributed by atoms with E-state index in [4.69, 9.17) is 4.74 Å². The molecule has 100 valence electrons. The summed E-state index contributed by atoms with van der Waals surface area (Å²) in [5.41, 5.74) is 1.99. The fourth-order valence-corrected chi connectivity index (χ4v) is 2.32. The molecular formula is C15H14BrFO2. The number of aryl methyl sites for hydroxylation is 1. The molecule has 0 saturated heterocycles. The smallest absolute Gasteiger partial charge is 0.126 e. The molecule has 19 heavy (non-hydrogen) atoms. The Morgan fingerprint density at radius 1 is 1.16 bits per heavy atom. The SMILES string of the molecule is COc1cc(Br)ccc1C(O)c1cc(F)ccc1C. The van der Waals surface area contributed by atoms with Crippen molar-refractivity contribution in [2.75, 3.05) is 7.11 Å². The summed E-state index contributed by atoms with van der Waals surface area (Å²) >= 11 is 3.35. The topological polar surface area (TPSA) is 29.5 Å². The number of ether oxygens (including phenoxy) is 1. The minimum Gasteiger partial charge on any atom is -0.496 e. The normalized spacial score (nSPS) is 12.3. The Morgan fingerprint density at radius 3 is 2.58 bits per heavy atom. The van der Waals surface area contributed by atoms with Crippen molar-refractivity contribution in [3.8, 4) is 5.75 Å². The number of hydrogen-bond acceptors (Lipinski definition) is 2. The quantitative estimate of drug-likeness (QED) is 0.925. The summed E-state index contributed by atoms with van der Waals surface area (Å²) in [6.45, 7) is 1.84. The number of benzene rings is 2. The Kier molecular flexibility index (Phi) is 4.22. The Hall–Kier alpha value is -1.39. The van der Waals surface area contributed by atoms with Crippen molar-refractivity contribution in [2.24, 2.45) is 0 Å². The van der Waals surface area contributed by atoms with E-state index in [1.54, 1.807) is 18.2 Å². The van der Waals surface area contributed by atoms with Crippen LogP contribution in [0.3, 0.4) is 0 Å². The van der Waals surface area contributed by atoms with Gasteiger partial charge in [0.1, 0.15) is 17.7 Å². The average molecular weight is 325 g/mol. The molecule has 0 heterocycles. The highest BCUT2D eigenvalue weighted by molar-refractivity contribution is 9.10. The first-order valence-corrected chi connectivity index (χ1v) is 6.59. The van der Waals surface area contributed by atoms with E-state index in [1.165, 1.54) is 19.2 Å². The van der Waals surface area contributed by atoms with Crippen LogP contribution < -0.4 is 4.74 Å². The molecule has 0 aliphatic carbocycles. The van der Waals surface area contributed by atoms with Gasteiger partial charge in [-0.2, -0.15) is 0 Å². The van der Waals surface area contributed by atoms with E-state index in [0.29, 0.717) is 16.9 Å². The van der Waals surface area contributed by atoms with E-state index in [0.717, 1.165) is 10.0 Å². The monoisotopic (exact) mass is 324 g/mol. The van der Waals surface area contributed by atoms with Crippen molar-refractivity contribution in [2.45, 2.75) is 13.0 Å². The molecule has 1 N–H and O–H groups in total. The number of hydrogen-bond donors (Lipinski definition) is 1. The molecule has 2 aromatic carbocycles. The molecule has 0 aliphatic heterocycles. The van der Waals surface area contributed by atoms with Gasteiger partial charge in [-0.25, -0.2) is 4.39 Å². The van der Waals surface area contributed by atoms with Crippen LogP contribution in [0, 0.1) is 12.7 Å². The lowest BCUT2D eigenvalue weighted by Crippen LogP contribution is -2.05. The summed E-state index contributed by atoms with van der Waals surface area (Å²) in [6, 6.07) is 9.73. The standard InChI is InChI=1S/C15H14BrFO2/c1-9-3-5-11(17)8-13(9)15(18)12-6-4-10(16)7-14(12)19-2/h3-8,15,18H,1-2H3. The zero-order valence-electron chi connectivity index (χ0n) is 10.7. The van der Waals surface area contributed by atoms with Gasteiger partial charge in [-0.15, -0.1) is 0 Å². The van der Waals surface area contributed by atoms with Gasteiger partial charge in [0.2, 0.25) is 0 Å². The van der Waals surface area contributed by atoms with E-state index in [1.807, 2.05) is 13.0 Å². The maximum atomic E-state index is 13.3. The Bertz CT molecular complexity index is 599. The minimum atomic E-state index is -0.918. The summed E-state index contributed by atoms with van der Waals surface area (Å²) in [5.74, 6) is 0.196. The zero-order valence-corrected chi connectivity index (χ0v) is 12.2. The first-order valence-electron chi connectivity index (χ1n) is 5.80. The highest BCUT2D eigenvalue weighted by atomic mass is 79.9. The maximum absolute atomic E-state index is 13.3. The first-order chi connectivity index (χ1) is 9.02. The molecule has 1 unspecified atom stereocenters. The van der Waals surface area contributed by atoms with Crippen LogP contribution in [0.25, 0.3) is 0 Å². The number of aliphatic hydroxyl groups excluding tert-OH is 1. The van der Waals surface area contributed by atoms with Crippen LogP contribution in [-0.4, -0.2) is 12.2 Å². The summed E-state index contributed by atoms with van der Waals surface area (Å²) in [4.78, 5) is 0. The second-order valence-corrected chi connectivity index (χ2v) is 5.21. The molecule has 0 aliphatic rings. The summed E-state index contributed by atoms with van der Waals surface area (Å²) in [6.07, 6.45) is -0.918. The van der Waals surface area contributed by atoms with Gasteiger partial charge in [0.05, 0.1) is 7.11 Å². The lowest BCUT2D eigenvalue weighted by Gasteiger charge is -2.17.